The van der Waals surface area contributed by atoms with Crippen LogP contribution in [0.5, 0.6) is 0 Å². The van der Waals surface area contributed by atoms with Crippen molar-refractivity contribution in [1.29, 1.82) is 0 Å². The molecule has 0 spiro atoms. The highest BCUT2D eigenvalue weighted by Crippen LogP contribution is 2.26. The van der Waals surface area contributed by atoms with Gasteiger partial charge in [0.25, 0.3) is 0 Å². The Bertz CT molecular complexity index is 510. The van der Waals surface area contributed by atoms with Crippen molar-refractivity contribution in [1.82, 2.24) is 4.98 Å². The van der Waals surface area contributed by atoms with Crippen molar-refractivity contribution >= 4 is 44.6 Å². The lowest BCUT2D eigenvalue weighted by Gasteiger charge is -1.89. The summed E-state index contributed by atoms with van der Waals surface area (Å²) < 4.78 is 1.16. The molecule has 0 radical (unpaired) electrons. The number of aromatic nitrogens is 1. The van der Waals surface area contributed by atoms with Gasteiger partial charge >= 0.3 is 0 Å². The summed E-state index contributed by atoms with van der Waals surface area (Å²) in [6.07, 6.45) is 0.977. The number of rotatable bonds is 2. The standard InChI is InChI=1S/C10H8N2S2/c1-2-10-12-8-4-3-7(11-6-13)5-9(8)14-10/h3-5H,2H2,1H3. The van der Waals surface area contributed by atoms with Gasteiger partial charge < -0.3 is 0 Å². The second kappa shape index (κ2) is 3.96. The summed E-state index contributed by atoms with van der Waals surface area (Å²) in [6, 6.07) is 5.86. The highest BCUT2D eigenvalue weighted by molar-refractivity contribution is 7.78. The van der Waals surface area contributed by atoms with Gasteiger partial charge in [-0.1, -0.05) is 6.92 Å². The first-order valence-electron chi connectivity index (χ1n) is 4.31. The Kier molecular flexibility index (Phi) is 2.68. The van der Waals surface area contributed by atoms with Gasteiger partial charge in [0.2, 0.25) is 0 Å². The molecule has 2 nitrogen and oxygen atoms in total. The molecular formula is C10H8N2S2. The molecule has 0 unspecified atom stereocenters. The minimum atomic E-state index is 0.846. The minimum Gasteiger partial charge on any atom is -0.241 e. The van der Waals surface area contributed by atoms with Crippen LogP contribution < -0.4 is 0 Å². The van der Waals surface area contributed by atoms with Gasteiger partial charge in [0.1, 0.15) is 0 Å². The van der Waals surface area contributed by atoms with E-state index in [1.54, 1.807) is 11.3 Å². The first-order valence-corrected chi connectivity index (χ1v) is 5.53. The van der Waals surface area contributed by atoms with E-state index in [4.69, 9.17) is 0 Å². The van der Waals surface area contributed by atoms with Crippen LogP contribution in [-0.4, -0.2) is 10.1 Å². The SMILES string of the molecule is CCc1nc2ccc(N=C=S)cc2s1. The number of nitrogens with zero attached hydrogens (tertiary/aromatic N) is 2. The lowest BCUT2D eigenvalue weighted by Crippen LogP contribution is -1.73. The van der Waals surface area contributed by atoms with Gasteiger partial charge in [-0.15, -0.1) is 11.3 Å². The van der Waals surface area contributed by atoms with Crippen molar-refractivity contribution in [2.24, 2.45) is 4.99 Å². The molecule has 1 heterocycles. The molecule has 0 bridgehead atoms. The molecule has 2 rings (SSSR count). The zero-order valence-electron chi connectivity index (χ0n) is 7.65. The number of aliphatic imine (C=N–C) groups is 1. The highest BCUT2D eigenvalue weighted by atomic mass is 32.1. The first-order chi connectivity index (χ1) is 6.83. The Labute approximate surface area is 91.3 Å². The zero-order chi connectivity index (χ0) is 9.97. The Morgan fingerprint density at radius 3 is 3.14 bits per heavy atom. The Morgan fingerprint density at radius 1 is 1.57 bits per heavy atom. The van der Waals surface area contributed by atoms with Crippen LogP contribution in [0.3, 0.4) is 0 Å². The van der Waals surface area contributed by atoms with E-state index in [0.29, 0.717) is 0 Å². The van der Waals surface area contributed by atoms with Gasteiger partial charge in [-0.05, 0) is 36.8 Å². The number of thiazole rings is 1. The number of hydrogen-bond donors (Lipinski definition) is 0. The molecule has 1 aromatic carbocycles. The van der Waals surface area contributed by atoms with Gasteiger partial charge in [0.05, 0.1) is 26.1 Å². The molecule has 0 saturated carbocycles. The number of thiocarbonyl (C=S) groups is 1. The van der Waals surface area contributed by atoms with Crippen LogP contribution in [-0.2, 0) is 6.42 Å². The molecule has 0 atom stereocenters. The fraction of sp³-hybridized carbons (Fsp3) is 0.200. The predicted octanol–water partition coefficient (Wildman–Crippen LogP) is 3.59. The van der Waals surface area contributed by atoms with Crippen LogP contribution in [0.2, 0.25) is 0 Å². The molecule has 2 aromatic rings. The molecule has 14 heavy (non-hydrogen) atoms. The van der Waals surface area contributed by atoms with Gasteiger partial charge in [-0.3, -0.25) is 0 Å². The minimum absolute atomic E-state index is 0.846. The third-order valence-electron chi connectivity index (χ3n) is 1.89. The normalized spacial score (nSPS) is 10.1. The van der Waals surface area contributed by atoms with Crippen LogP contribution in [0.1, 0.15) is 11.9 Å². The van der Waals surface area contributed by atoms with Gasteiger partial charge in [0, 0.05) is 0 Å². The van der Waals surface area contributed by atoms with Crippen molar-refractivity contribution < 1.29 is 0 Å². The molecular weight excluding hydrogens is 212 g/mol. The fourth-order valence-corrected chi connectivity index (χ4v) is 2.28. The Hall–Kier alpha value is -1.09. The number of isothiocyanates is 1. The molecule has 0 fully saturated rings. The zero-order valence-corrected chi connectivity index (χ0v) is 9.28. The van der Waals surface area contributed by atoms with Crippen LogP contribution >= 0.6 is 23.6 Å². The summed E-state index contributed by atoms with van der Waals surface area (Å²) in [5.74, 6) is 0. The number of aryl methyl sites for hydroxylation is 1. The van der Waals surface area contributed by atoms with Crippen molar-refractivity contribution in [3.63, 3.8) is 0 Å². The first kappa shape index (κ1) is 9.46. The van der Waals surface area contributed by atoms with Crippen LogP contribution in [0.4, 0.5) is 5.69 Å². The van der Waals surface area contributed by atoms with Crippen LogP contribution in [0, 0.1) is 0 Å². The van der Waals surface area contributed by atoms with Crippen LogP contribution in [0.15, 0.2) is 23.2 Å². The largest absolute Gasteiger partial charge is 0.241 e. The second-order valence-corrected chi connectivity index (χ2v) is 4.11. The van der Waals surface area contributed by atoms with E-state index in [9.17, 15) is 0 Å². The molecule has 0 saturated heterocycles. The average Bonchev–Trinajstić information content (AvgIpc) is 2.60. The Morgan fingerprint density at radius 2 is 2.43 bits per heavy atom. The van der Waals surface area contributed by atoms with E-state index in [2.05, 4.69) is 34.3 Å². The molecule has 0 aliphatic rings. The third kappa shape index (κ3) is 1.73. The van der Waals surface area contributed by atoms with Gasteiger partial charge in [0.15, 0.2) is 0 Å². The van der Waals surface area contributed by atoms with Crippen LogP contribution in [0.25, 0.3) is 10.2 Å². The second-order valence-electron chi connectivity index (χ2n) is 2.82. The third-order valence-corrected chi connectivity index (χ3v) is 3.15. The molecule has 4 heteroatoms. The maximum Gasteiger partial charge on any atom is 0.0935 e. The predicted molar refractivity (Wildman–Crippen MR) is 63.7 cm³/mol. The van der Waals surface area contributed by atoms with E-state index in [-0.39, 0.29) is 0 Å². The summed E-state index contributed by atoms with van der Waals surface area (Å²) in [4.78, 5) is 8.40. The topological polar surface area (TPSA) is 25.2 Å². The smallest absolute Gasteiger partial charge is 0.0935 e. The van der Waals surface area contributed by atoms with Crippen molar-refractivity contribution in [3.8, 4) is 0 Å². The molecule has 70 valence electrons. The lowest BCUT2D eigenvalue weighted by atomic mass is 10.3. The molecule has 1 aromatic heterocycles. The Balaban J connectivity index is 2.59. The maximum absolute atomic E-state index is 4.56. The molecule has 0 aliphatic heterocycles. The van der Waals surface area contributed by atoms with E-state index in [0.717, 1.165) is 27.3 Å². The lowest BCUT2D eigenvalue weighted by molar-refractivity contribution is 1.11. The highest BCUT2D eigenvalue weighted by Gasteiger charge is 2.02. The molecule has 0 amide bonds. The quantitative estimate of drug-likeness (QED) is 0.571. The van der Waals surface area contributed by atoms with E-state index < -0.39 is 0 Å². The fourth-order valence-electron chi connectivity index (χ4n) is 1.23. The summed E-state index contributed by atoms with van der Waals surface area (Å²) in [5.41, 5.74) is 1.88. The summed E-state index contributed by atoms with van der Waals surface area (Å²) >= 11 is 6.26. The van der Waals surface area contributed by atoms with Crippen molar-refractivity contribution in [3.05, 3.63) is 23.2 Å². The van der Waals surface area contributed by atoms with Crippen molar-refractivity contribution in [2.75, 3.05) is 0 Å². The average molecular weight is 220 g/mol. The summed E-state index contributed by atoms with van der Waals surface area (Å²) in [6.45, 7) is 2.10. The summed E-state index contributed by atoms with van der Waals surface area (Å²) in [5, 5.41) is 3.52. The van der Waals surface area contributed by atoms with Crippen molar-refractivity contribution in [2.45, 2.75) is 13.3 Å². The number of benzene rings is 1. The van der Waals surface area contributed by atoms with E-state index in [1.165, 1.54) is 0 Å². The monoisotopic (exact) mass is 220 g/mol. The van der Waals surface area contributed by atoms with Gasteiger partial charge in [-0.25, -0.2) is 4.98 Å². The van der Waals surface area contributed by atoms with Gasteiger partial charge in [-0.2, -0.15) is 4.99 Å². The molecule has 0 aliphatic carbocycles. The number of fused-ring (bicyclic) bond motifs is 1. The number of hydrogen-bond acceptors (Lipinski definition) is 4. The maximum atomic E-state index is 4.56. The molecule has 0 N–H and O–H groups in total. The van der Waals surface area contributed by atoms with E-state index >= 15 is 0 Å². The van der Waals surface area contributed by atoms with E-state index in [1.807, 2.05) is 18.2 Å². The summed E-state index contributed by atoms with van der Waals surface area (Å²) in [7, 11) is 0.